The van der Waals surface area contributed by atoms with E-state index < -0.39 is 0 Å². The molecule has 0 bridgehead atoms. The van der Waals surface area contributed by atoms with Crippen LogP contribution in [0.5, 0.6) is 5.75 Å². The van der Waals surface area contributed by atoms with E-state index in [2.05, 4.69) is 45.6 Å². The van der Waals surface area contributed by atoms with Crippen molar-refractivity contribution in [3.63, 3.8) is 0 Å². The molecule has 4 nitrogen and oxygen atoms in total. The number of nitrogens with zero attached hydrogens (tertiary/aromatic N) is 2. The highest BCUT2D eigenvalue weighted by molar-refractivity contribution is 5.78. The summed E-state index contributed by atoms with van der Waals surface area (Å²) in [7, 11) is 0. The van der Waals surface area contributed by atoms with Crippen molar-refractivity contribution < 1.29 is 13.9 Å². The van der Waals surface area contributed by atoms with Crippen LogP contribution < -0.4 is 4.74 Å². The molecule has 2 aromatic rings. The van der Waals surface area contributed by atoms with Gasteiger partial charge < -0.3 is 9.64 Å². The molecule has 0 aromatic heterocycles. The predicted octanol–water partition coefficient (Wildman–Crippen LogP) is 4.62. The molecule has 1 aliphatic heterocycles. The van der Waals surface area contributed by atoms with E-state index in [4.69, 9.17) is 4.74 Å². The minimum absolute atomic E-state index is 0.0134. The van der Waals surface area contributed by atoms with E-state index in [1.165, 1.54) is 12.1 Å². The van der Waals surface area contributed by atoms with Crippen LogP contribution in [0.3, 0.4) is 0 Å². The van der Waals surface area contributed by atoms with Gasteiger partial charge in [-0.2, -0.15) is 0 Å². The lowest BCUT2D eigenvalue weighted by Gasteiger charge is -2.44. The molecule has 2 unspecified atom stereocenters. The number of para-hydroxylation sites is 1. The molecular formula is C25H33FN2O2. The second kappa shape index (κ2) is 9.17. The van der Waals surface area contributed by atoms with Crippen molar-refractivity contribution in [2.45, 2.75) is 58.7 Å². The SMILES string of the molecule is CC1CN(C(=O)COc2ccccc2C(C)(C)C)C(C)CN1Cc1ccc(F)cc1. The zero-order valence-corrected chi connectivity index (χ0v) is 18.7. The first kappa shape index (κ1) is 22.3. The van der Waals surface area contributed by atoms with E-state index >= 15 is 0 Å². The lowest BCUT2D eigenvalue weighted by Crippen LogP contribution is -2.58. The molecule has 1 saturated heterocycles. The average Bonchev–Trinajstić information content (AvgIpc) is 2.70. The number of hydrogen-bond acceptors (Lipinski definition) is 3. The molecule has 1 aliphatic rings. The van der Waals surface area contributed by atoms with Crippen LogP contribution in [-0.2, 0) is 16.8 Å². The van der Waals surface area contributed by atoms with Crippen molar-refractivity contribution in [2.75, 3.05) is 19.7 Å². The minimum atomic E-state index is -0.219. The number of benzene rings is 2. The van der Waals surface area contributed by atoms with Gasteiger partial charge in [-0.3, -0.25) is 9.69 Å². The summed E-state index contributed by atoms with van der Waals surface area (Å²) in [5.41, 5.74) is 2.13. The van der Waals surface area contributed by atoms with E-state index in [0.29, 0.717) is 6.54 Å². The van der Waals surface area contributed by atoms with Crippen molar-refractivity contribution in [2.24, 2.45) is 0 Å². The van der Waals surface area contributed by atoms with Crippen molar-refractivity contribution >= 4 is 5.91 Å². The van der Waals surface area contributed by atoms with E-state index in [-0.39, 0.29) is 35.8 Å². The van der Waals surface area contributed by atoms with E-state index in [0.717, 1.165) is 30.0 Å². The number of piperazine rings is 1. The monoisotopic (exact) mass is 412 g/mol. The van der Waals surface area contributed by atoms with Gasteiger partial charge in [0.15, 0.2) is 6.61 Å². The Hall–Kier alpha value is -2.40. The second-order valence-electron chi connectivity index (χ2n) is 9.33. The zero-order chi connectivity index (χ0) is 21.9. The Labute approximate surface area is 179 Å². The maximum absolute atomic E-state index is 13.2. The number of amides is 1. The molecule has 3 rings (SSSR count). The number of carbonyl (C=O) groups excluding carboxylic acids is 1. The first-order chi connectivity index (χ1) is 14.1. The van der Waals surface area contributed by atoms with Gasteiger partial charge in [-0.1, -0.05) is 51.1 Å². The Morgan fingerprint density at radius 2 is 1.70 bits per heavy atom. The molecule has 1 fully saturated rings. The van der Waals surface area contributed by atoms with Crippen LogP contribution in [0.25, 0.3) is 0 Å². The fourth-order valence-electron chi connectivity index (χ4n) is 4.02. The van der Waals surface area contributed by atoms with E-state index in [1.54, 1.807) is 0 Å². The molecule has 0 spiro atoms. The number of carbonyl (C=O) groups is 1. The molecule has 1 amide bonds. The molecule has 0 aliphatic carbocycles. The van der Waals surface area contributed by atoms with Crippen LogP contribution in [0.2, 0.25) is 0 Å². The van der Waals surface area contributed by atoms with Gasteiger partial charge in [0.2, 0.25) is 0 Å². The maximum Gasteiger partial charge on any atom is 0.260 e. The summed E-state index contributed by atoms with van der Waals surface area (Å²) in [5, 5.41) is 0. The number of ether oxygens (including phenoxy) is 1. The van der Waals surface area contributed by atoms with Gasteiger partial charge in [0.05, 0.1) is 0 Å². The second-order valence-corrected chi connectivity index (χ2v) is 9.33. The third-order valence-electron chi connectivity index (χ3n) is 5.78. The summed E-state index contributed by atoms with van der Waals surface area (Å²) < 4.78 is 19.1. The van der Waals surface area contributed by atoms with Crippen LogP contribution in [0, 0.1) is 5.82 Å². The van der Waals surface area contributed by atoms with Gasteiger partial charge in [-0.25, -0.2) is 4.39 Å². The fourth-order valence-corrected chi connectivity index (χ4v) is 4.02. The Morgan fingerprint density at radius 3 is 2.37 bits per heavy atom. The summed E-state index contributed by atoms with van der Waals surface area (Å²) in [6.45, 7) is 12.9. The van der Waals surface area contributed by atoms with Gasteiger partial charge in [0.1, 0.15) is 11.6 Å². The van der Waals surface area contributed by atoms with Crippen LogP contribution in [0.15, 0.2) is 48.5 Å². The minimum Gasteiger partial charge on any atom is -0.483 e. The Morgan fingerprint density at radius 1 is 1.03 bits per heavy atom. The molecule has 0 N–H and O–H groups in total. The highest BCUT2D eigenvalue weighted by atomic mass is 19.1. The Kier molecular flexibility index (Phi) is 6.81. The highest BCUT2D eigenvalue weighted by Crippen LogP contribution is 2.31. The van der Waals surface area contributed by atoms with Crippen LogP contribution in [-0.4, -0.2) is 47.5 Å². The number of halogens is 1. The third-order valence-corrected chi connectivity index (χ3v) is 5.78. The van der Waals surface area contributed by atoms with E-state index in [9.17, 15) is 9.18 Å². The largest absolute Gasteiger partial charge is 0.483 e. The van der Waals surface area contributed by atoms with Gasteiger partial charge in [-0.05, 0) is 48.6 Å². The molecule has 2 aromatic carbocycles. The number of rotatable bonds is 5. The standard InChI is InChI=1S/C25H33FN2O2/c1-18-15-28(19(2)14-27(18)16-20-10-12-21(26)13-11-20)24(29)17-30-23-9-7-6-8-22(23)25(3,4)5/h6-13,18-19H,14-17H2,1-5H3. The molecule has 0 saturated carbocycles. The van der Waals surface area contributed by atoms with Crippen molar-refractivity contribution in [1.82, 2.24) is 9.80 Å². The van der Waals surface area contributed by atoms with Gasteiger partial charge in [-0.15, -0.1) is 0 Å². The molecule has 30 heavy (non-hydrogen) atoms. The summed E-state index contributed by atoms with van der Waals surface area (Å²) in [6.07, 6.45) is 0. The maximum atomic E-state index is 13.2. The molecule has 2 atom stereocenters. The summed E-state index contributed by atoms with van der Waals surface area (Å²) >= 11 is 0. The average molecular weight is 413 g/mol. The molecule has 5 heteroatoms. The van der Waals surface area contributed by atoms with Crippen molar-refractivity contribution in [1.29, 1.82) is 0 Å². The molecule has 162 valence electrons. The van der Waals surface area contributed by atoms with Crippen LogP contribution >= 0.6 is 0 Å². The van der Waals surface area contributed by atoms with Crippen LogP contribution in [0.1, 0.15) is 45.7 Å². The van der Waals surface area contributed by atoms with Crippen molar-refractivity contribution in [3.8, 4) is 5.75 Å². The predicted molar refractivity (Wildman–Crippen MR) is 118 cm³/mol. The van der Waals surface area contributed by atoms with Crippen LogP contribution in [0.4, 0.5) is 4.39 Å². The van der Waals surface area contributed by atoms with Crippen molar-refractivity contribution in [3.05, 3.63) is 65.5 Å². The first-order valence-corrected chi connectivity index (χ1v) is 10.7. The summed E-state index contributed by atoms with van der Waals surface area (Å²) in [4.78, 5) is 17.2. The summed E-state index contributed by atoms with van der Waals surface area (Å²) in [5.74, 6) is 0.567. The summed E-state index contributed by atoms with van der Waals surface area (Å²) in [6, 6.07) is 14.9. The number of hydrogen-bond donors (Lipinski definition) is 0. The molecule has 1 heterocycles. The Balaban J connectivity index is 1.60. The smallest absolute Gasteiger partial charge is 0.260 e. The van der Waals surface area contributed by atoms with Gasteiger partial charge in [0, 0.05) is 31.7 Å². The Bertz CT molecular complexity index is 860. The lowest BCUT2D eigenvalue weighted by atomic mass is 9.86. The van der Waals surface area contributed by atoms with Gasteiger partial charge >= 0.3 is 0 Å². The van der Waals surface area contributed by atoms with Gasteiger partial charge in [0.25, 0.3) is 5.91 Å². The highest BCUT2D eigenvalue weighted by Gasteiger charge is 2.32. The lowest BCUT2D eigenvalue weighted by molar-refractivity contribution is -0.139. The zero-order valence-electron chi connectivity index (χ0n) is 18.7. The normalized spacial score (nSPS) is 20.3. The fraction of sp³-hybridized carbons (Fsp3) is 0.480. The molecular weight excluding hydrogens is 379 g/mol. The topological polar surface area (TPSA) is 32.8 Å². The first-order valence-electron chi connectivity index (χ1n) is 10.7. The molecule has 0 radical (unpaired) electrons. The van der Waals surface area contributed by atoms with E-state index in [1.807, 2.05) is 35.2 Å². The third kappa shape index (κ3) is 5.39. The quantitative estimate of drug-likeness (QED) is 0.718.